The lowest BCUT2D eigenvalue weighted by Gasteiger charge is -2.27. The number of aromatic nitrogens is 1. The van der Waals surface area contributed by atoms with E-state index in [1.165, 1.54) is 4.90 Å². The molecule has 34 heavy (non-hydrogen) atoms. The highest BCUT2D eigenvalue weighted by atomic mass is 16.3. The molecule has 3 aromatic rings. The molecule has 1 amide bonds. The third-order valence-corrected chi connectivity index (χ3v) is 6.45. The lowest BCUT2D eigenvalue weighted by molar-refractivity contribution is -0.132. The van der Waals surface area contributed by atoms with E-state index in [4.69, 9.17) is 0 Å². The molecule has 5 nitrogen and oxygen atoms in total. The van der Waals surface area contributed by atoms with E-state index in [0.29, 0.717) is 16.8 Å². The van der Waals surface area contributed by atoms with Crippen LogP contribution in [0.2, 0.25) is 0 Å². The summed E-state index contributed by atoms with van der Waals surface area (Å²) in [6, 6.07) is 14.5. The molecular weight excluding hydrogens is 424 g/mol. The summed E-state index contributed by atoms with van der Waals surface area (Å²) in [6.07, 6.45) is 3.26. The van der Waals surface area contributed by atoms with Crippen LogP contribution in [-0.2, 0) is 15.0 Å². The maximum atomic E-state index is 13.5. The van der Waals surface area contributed by atoms with Crippen LogP contribution in [0.3, 0.4) is 0 Å². The van der Waals surface area contributed by atoms with Crippen molar-refractivity contribution < 1.29 is 14.7 Å². The maximum absolute atomic E-state index is 13.5. The van der Waals surface area contributed by atoms with Gasteiger partial charge in [-0.25, -0.2) is 0 Å². The predicted molar refractivity (Wildman–Crippen MR) is 135 cm³/mol. The van der Waals surface area contributed by atoms with E-state index in [2.05, 4.69) is 25.8 Å². The Labute approximate surface area is 200 Å². The van der Waals surface area contributed by atoms with Crippen molar-refractivity contribution in [2.75, 3.05) is 4.90 Å². The Kier molecular flexibility index (Phi) is 5.90. The fourth-order valence-corrected chi connectivity index (χ4v) is 4.41. The van der Waals surface area contributed by atoms with Gasteiger partial charge in [0.1, 0.15) is 5.76 Å². The Hall–Kier alpha value is -3.73. The van der Waals surface area contributed by atoms with Crippen molar-refractivity contribution >= 4 is 23.1 Å². The van der Waals surface area contributed by atoms with E-state index >= 15 is 0 Å². The van der Waals surface area contributed by atoms with E-state index in [1.807, 2.05) is 57.2 Å². The molecule has 1 N–H and O–H groups in total. The number of hydrogen-bond donors (Lipinski definition) is 1. The maximum Gasteiger partial charge on any atom is 0.300 e. The van der Waals surface area contributed by atoms with Crippen LogP contribution >= 0.6 is 0 Å². The molecule has 0 radical (unpaired) electrons. The topological polar surface area (TPSA) is 70.5 Å². The number of amides is 1. The van der Waals surface area contributed by atoms with Gasteiger partial charge >= 0.3 is 0 Å². The summed E-state index contributed by atoms with van der Waals surface area (Å²) in [4.78, 5) is 32.5. The van der Waals surface area contributed by atoms with Crippen molar-refractivity contribution in [3.05, 3.63) is 99.9 Å². The van der Waals surface area contributed by atoms with Gasteiger partial charge in [-0.2, -0.15) is 0 Å². The molecule has 1 unspecified atom stereocenters. The average Bonchev–Trinajstić information content (AvgIpc) is 3.05. The Balaban J connectivity index is 2.00. The number of aliphatic hydroxyl groups is 1. The number of ketones is 1. The Morgan fingerprint density at radius 3 is 2.21 bits per heavy atom. The first-order chi connectivity index (χ1) is 16.0. The number of aliphatic hydroxyl groups excluding tert-OH is 1. The first-order valence-electron chi connectivity index (χ1n) is 11.4. The molecule has 2 aromatic carbocycles. The molecule has 1 aromatic heterocycles. The molecule has 174 valence electrons. The molecular formula is C29H30N2O3. The van der Waals surface area contributed by atoms with Crippen LogP contribution < -0.4 is 4.90 Å². The predicted octanol–water partition coefficient (Wildman–Crippen LogP) is 5.93. The summed E-state index contributed by atoms with van der Waals surface area (Å²) >= 11 is 0. The zero-order valence-electron chi connectivity index (χ0n) is 20.5. The summed E-state index contributed by atoms with van der Waals surface area (Å²) in [5, 5.41) is 11.6. The normalized spacial score (nSPS) is 17.9. The molecule has 1 atom stereocenters. The summed E-state index contributed by atoms with van der Waals surface area (Å²) in [5.41, 5.74) is 5.59. The summed E-state index contributed by atoms with van der Waals surface area (Å²) in [5.74, 6) is -1.50. The summed E-state index contributed by atoms with van der Waals surface area (Å²) < 4.78 is 0. The molecule has 0 aliphatic carbocycles. The van der Waals surface area contributed by atoms with Gasteiger partial charge in [0.25, 0.3) is 11.7 Å². The highest BCUT2D eigenvalue weighted by Crippen LogP contribution is 2.43. The molecule has 0 saturated carbocycles. The van der Waals surface area contributed by atoms with E-state index in [0.717, 1.165) is 22.3 Å². The van der Waals surface area contributed by atoms with Gasteiger partial charge < -0.3 is 5.11 Å². The van der Waals surface area contributed by atoms with Gasteiger partial charge in [0.05, 0.1) is 11.6 Å². The molecule has 4 rings (SSSR count). The lowest BCUT2D eigenvalue weighted by Crippen LogP contribution is -2.30. The number of carbonyl (C=O) groups is 2. The van der Waals surface area contributed by atoms with E-state index in [9.17, 15) is 14.7 Å². The molecule has 0 spiro atoms. The summed E-state index contributed by atoms with van der Waals surface area (Å²) in [6.45, 7) is 12.0. The molecule has 1 fully saturated rings. The van der Waals surface area contributed by atoms with Crippen LogP contribution in [0.5, 0.6) is 0 Å². The number of hydrogen-bond acceptors (Lipinski definition) is 4. The fraction of sp³-hybridized carbons (Fsp3) is 0.276. The quantitative estimate of drug-likeness (QED) is 0.302. The van der Waals surface area contributed by atoms with Gasteiger partial charge in [-0.1, -0.05) is 45.0 Å². The Morgan fingerprint density at radius 2 is 1.56 bits per heavy atom. The van der Waals surface area contributed by atoms with Crippen molar-refractivity contribution in [3.63, 3.8) is 0 Å². The molecule has 1 aliphatic heterocycles. The highest BCUT2D eigenvalue weighted by Gasteiger charge is 2.47. The van der Waals surface area contributed by atoms with Crippen LogP contribution in [0.4, 0.5) is 5.69 Å². The number of anilines is 1. The molecule has 2 heterocycles. The van der Waals surface area contributed by atoms with Crippen LogP contribution in [0.1, 0.15) is 60.2 Å². The smallest absolute Gasteiger partial charge is 0.300 e. The second kappa shape index (κ2) is 8.56. The lowest BCUT2D eigenvalue weighted by atomic mass is 9.84. The van der Waals surface area contributed by atoms with E-state index < -0.39 is 17.7 Å². The largest absolute Gasteiger partial charge is 0.507 e. The Bertz CT molecular complexity index is 1320. The van der Waals surface area contributed by atoms with Crippen molar-refractivity contribution in [1.82, 2.24) is 4.98 Å². The van der Waals surface area contributed by atoms with Crippen molar-refractivity contribution in [2.45, 2.75) is 53.0 Å². The molecule has 0 bridgehead atoms. The third-order valence-electron chi connectivity index (χ3n) is 6.45. The average molecular weight is 455 g/mol. The van der Waals surface area contributed by atoms with Crippen LogP contribution in [0.25, 0.3) is 5.76 Å². The van der Waals surface area contributed by atoms with Gasteiger partial charge in [0, 0.05) is 23.6 Å². The number of nitrogens with zero attached hydrogens (tertiary/aromatic N) is 2. The zero-order valence-corrected chi connectivity index (χ0v) is 20.5. The third kappa shape index (κ3) is 4.03. The number of rotatable bonds is 3. The first kappa shape index (κ1) is 23.4. The van der Waals surface area contributed by atoms with Gasteiger partial charge in [0.2, 0.25) is 0 Å². The second-order valence-electron chi connectivity index (χ2n) is 10.0. The van der Waals surface area contributed by atoms with Crippen LogP contribution in [0.15, 0.2) is 66.5 Å². The van der Waals surface area contributed by atoms with Crippen molar-refractivity contribution in [3.8, 4) is 0 Å². The van der Waals surface area contributed by atoms with Crippen LogP contribution in [0, 0.1) is 20.8 Å². The van der Waals surface area contributed by atoms with Crippen molar-refractivity contribution in [1.29, 1.82) is 0 Å². The standard InChI is InChI=1S/C29H30N2O3/c1-17-7-8-19(3)23(15-17)31-25(20-11-13-30-14-12-20)24(27(33)28(31)34)26(32)22-16-21(29(4,5)6)10-9-18(22)2/h7-16,25,32H,1-6H3/b26-24+. The minimum absolute atomic E-state index is 0.0891. The SMILES string of the molecule is Cc1ccc(C)c(N2C(=O)C(=O)/C(=C(/O)c3cc(C(C)(C)C)ccc3C)C2c2ccncc2)c1. The Morgan fingerprint density at radius 1 is 0.912 bits per heavy atom. The number of carbonyl (C=O) groups excluding carboxylic acids is 2. The number of Topliss-reactive ketones (excluding diaryl/α,β-unsaturated/α-hetero) is 1. The van der Waals surface area contributed by atoms with Crippen molar-refractivity contribution in [2.24, 2.45) is 0 Å². The minimum atomic E-state index is -0.763. The fourth-order valence-electron chi connectivity index (χ4n) is 4.41. The molecule has 5 heteroatoms. The summed E-state index contributed by atoms with van der Waals surface area (Å²) in [7, 11) is 0. The first-order valence-corrected chi connectivity index (χ1v) is 11.4. The van der Waals surface area contributed by atoms with Gasteiger partial charge in [0.15, 0.2) is 0 Å². The number of benzene rings is 2. The second-order valence-corrected chi connectivity index (χ2v) is 10.0. The zero-order chi connectivity index (χ0) is 24.8. The number of aryl methyl sites for hydroxylation is 3. The van der Waals surface area contributed by atoms with E-state index in [1.54, 1.807) is 24.5 Å². The highest BCUT2D eigenvalue weighted by molar-refractivity contribution is 6.51. The van der Waals surface area contributed by atoms with Gasteiger partial charge in [-0.05, 0) is 78.3 Å². The van der Waals surface area contributed by atoms with Gasteiger partial charge in [-0.3, -0.25) is 19.5 Å². The van der Waals surface area contributed by atoms with Crippen LogP contribution in [-0.4, -0.2) is 21.8 Å². The molecule has 1 saturated heterocycles. The monoisotopic (exact) mass is 454 g/mol. The number of pyridine rings is 1. The van der Waals surface area contributed by atoms with Gasteiger partial charge in [-0.15, -0.1) is 0 Å². The molecule has 1 aliphatic rings. The minimum Gasteiger partial charge on any atom is -0.507 e. The van der Waals surface area contributed by atoms with E-state index in [-0.39, 0.29) is 16.7 Å².